The third-order valence-corrected chi connectivity index (χ3v) is 2.98. The van der Waals surface area contributed by atoms with Crippen molar-refractivity contribution in [1.82, 2.24) is 9.97 Å². The molecule has 20 heavy (non-hydrogen) atoms. The van der Waals surface area contributed by atoms with Crippen molar-refractivity contribution in [3.05, 3.63) is 10.7 Å². The van der Waals surface area contributed by atoms with Gasteiger partial charge in [0.15, 0.2) is 0 Å². The highest BCUT2D eigenvalue weighted by Crippen LogP contribution is 2.27. The molecule has 0 radical (unpaired) electrons. The van der Waals surface area contributed by atoms with Gasteiger partial charge in [-0.05, 0) is 28.8 Å². The van der Waals surface area contributed by atoms with E-state index >= 15 is 0 Å². The summed E-state index contributed by atoms with van der Waals surface area (Å²) in [5.74, 6) is 0.603. The van der Waals surface area contributed by atoms with E-state index in [1.165, 1.54) is 11.1 Å². The molecule has 8 heteroatoms. The third-order valence-electron chi connectivity index (χ3n) is 2.42. The Kier molecular flexibility index (Phi) is 6.51. The minimum Gasteiger partial charge on any atom is -0.354 e. The van der Waals surface area contributed by atoms with Gasteiger partial charge in [-0.1, -0.05) is 13.8 Å². The molecule has 0 spiro atoms. The molecule has 0 fully saturated rings. The Balaban J connectivity index is 2.98. The molecule has 0 amide bonds. The number of aromatic nitrogens is 2. The number of rotatable bonds is 7. The number of alkyl halides is 3. The summed E-state index contributed by atoms with van der Waals surface area (Å²) in [6.07, 6.45) is -1.31. The Labute approximate surface area is 124 Å². The Morgan fingerprint density at radius 2 is 2.00 bits per heavy atom. The second-order valence-corrected chi connectivity index (χ2v) is 5.18. The average Bonchev–Trinajstić information content (AvgIpc) is 2.36. The van der Waals surface area contributed by atoms with Crippen LogP contribution in [0.5, 0.6) is 0 Å². The largest absolute Gasteiger partial charge is 0.405 e. The Morgan fingerprint density at radius 1 is 1.30 bits per heavy atom. The van der Waals surface area contributed by atoms with Crippen LogP contribution in [0.15, 0.2) is 10.7 Å². The lowest BCUT2D eigenvalue weighted by Crippen LogP contribution is -2.35. The second-order valence-electron chi connectivity index (χ2n) is 4.33. The lowest BCUT2D eigenvalue weighted by Gasteiger charge is -2.25. The van der Waals surface area contributed by atoms with Crippen LogP contribution in [-0.2, 0) is 0 Å². The van der Waals surface area contributed by atoms with Crippen LogP contribution in [0.1, 0.15) is 26.7 Å². The van der Waals surface area contributed by atoms with Gasteiger partial charge < -0.3 is 10.2 Å². The van der Waals surface area contributed by atoms with Gasteiger partial charge in [-0.3, -0.25) is 0 Å². The standard InChI is InChI=1S/C12H18BrF3N4/c1-3-5-17-11-18-7-9(13)10(19-11)20(6-4-2)8-12(14,15)16/h7H,3-6,8H2,1-2H3,(H,17,18,19). The van der Waals surface area contributed by atoms with Gasteiger partial charge in [0.1, 0.15) is 12.4 Å². The van der Waals surface area contributed by atoms with Crippen LogP contribution in [-0.4, -0.2) is 35.8 Å². The van der Waals surface area contributed by atoms with E-state index in [1.54, 1.807) is 0 Å². The van der Waals surface area contributed by atoms with Crippen molar-refractivity contribution in [1.29, 1.82) is 0 Å². The molecule has 0 aliphatic heterocycles. The molecular formula is C12H18BrF3N4. The normalized spacial score (nSPS) is 11.5. The zero-order valence-electron chi connectivity index (χ0n) is 11.5. The number of halogens is 4. The van der Waals surface area contributed by atoms with Gasteiger partial charge in [-0.15, -0.1) is 0 Å². The fourth-order valence-electron chi connectivity index (χ4n) is 1.65. The van der Waals surface area contributed by atoms with Gasteiger partial charge in [0.25, 0.3) is 0 Å². The quantitative estimate of drug-likeness (QED) is 0.807. The smallest absolute Gasteiger partial charge is 0.354 e. The van der Waals surface area contributed by atoms with E-state index in [1.807, 2.05) is 13.8 Å². The van der Waals surface area contributed by atoms with E-state index in [9.17, 15) is 13.2 Å². The van der Waals surface area contributed by atoms with Crippen molar-refractivity contribution >= 4 is 27.7 Å². The van der Waals surface area contributed by atoms with Crippen LogP contribution in [0, 0.1) is 0 Å². The molecule has 0 unspecified atom stereocenters. The number of nitrogens with zero attached hydrogens (tertiary/aromatic N) is 3. The Bertz CT molecular complexity index is 426. The molecule has 1 N–H and O–H groups in total. The first-order valence-corrected chi connectivity index (χ1v) is 7.24. The lowest BCUT2D eigenvalue weighted by atomic mass is 10.3. The first kappa shape index (κ1) is 17.0. The molecule has 0 aliphatic rings. The summed E-state index contributed by atoms with van der Waals surface area (Å²) in [5.41, 5.74) is 0. The fourth-order valence-corrected chi connectivity index (χ4v) is 2.09. The summed E-state index contributed by atoms with van der Waals surface area (Å²) < 4.78 is 38.4. The van der Waals surface area contributed by atoms with E-state index in [2.05, 4.69) is 31.2 Å². The average molecular weight is 355 g/mol. The molecule has 4 nitrogen and oxygen atoms in total. The molecule has 1 aromatic heterocycles. The number of nitrogens with one attached hydrogen (secondary N) is 1. The third kappa shape index (κ3) is 5.52. The predicted octanol–water partition coefficient (Wildman–Crippen LogP) is 3.84. The van der Waals surface area contributed by atoms with E-state index in [4.69, 9.17) is 0 Å². The van der Waals surface area contributed by atoms with Gasteiger partial charge in [0, 0.05) is 19.3 Å². The molecule has 0 saturated heterocycles. The topological polar surface area (TPSA) is 41.1 Å². The molecular weight excluding hydrogens is 337 g/mol. The summed E-state index contributed by atoms with van der Waals surface area (Å²) in [6, 6.07) is 0. The van der Waals surface area contributed by atoms with Gasteiger partial charge in [0.05, 0.1) is 4.47 Å². The first-order valence-electron chi connectivity index (χ1n) is 6.45. The molecule has 1 rings (SSSR count). The van der Waals surface area contributed by atoms with Gasteiger partial charge in [-0.2, -0.15) is 18.2 Å². The summed E-state index contributed by atoms with van der Waals surface area (Å²) in [5, 5.41) is 2.97. The predicted molar refractivity (Wildman–Crippen MR) is 77.1 cm³/mol. The van der Waals surface area contributed by atoms with E-state index in [0.29, 0.717) is 23.4 Å². The van der Waals surface area contributed by atoms with Crippen molar-refractivity contribution in [2.45, 2.75) is 32.9 Å². The molecule has 1 aromatic rings. The molecule has 0 aliphatic carbocycles. The van der Waals surface area contributed by atoms with Crippen molar-refractivity contribution in [2.24, 2.45) is 0 Å². The number of hydrogen-bond acceptors (Lipinski definition) is 4. The highest BCUT2D eigenvalue weighted by Gasteiger charge is 2.32. The first-order chi connectivity index (χ1) is 9.37. The maximum absolute atomic E-state index is 12.6. The summed E-state index contributed by atoms with van der Waals surface area (Å²) in [4.78, 5) is 9.42. The Hall–Kier alpha value is -1.05. The van der Waals surface area contributed by atoms with Crippen LogP contribution in [0.4, 0.5) is 24.9 Å². The van der Waals surface area contributed by atoms with Crippen molar-refractivity contribution in [2.75, 3.05) is 29.9 Å². The maximum atomic E-state index is 12.6. The molecule has 0 saturated carbocycles. The fraction of sp³-hybridized carbons (Fsp3) is 0.667. The highest BCUT2D eigenvalue weighted by molar-refractivity contribution is 9.10. The Morgan fingerprint density at radius 3 is 2.55 bits per heavy atom. The zero-order valence-corrected chi connectivity index (χ0v) is 13.1. The van der Waals surface area contributed by atoms with Crippen LogP contribution in [0.25, 0.3) is 0 Å². The van der Waals surface area contributed by atoms with Crippen molar-refractivity contribution in [3.8, 4) is 0 Å². The van der Waals surface area contributed by atoms with E-state index < -0.39 is 12.7 Å². The monoisotopic (exact) mass is 354 g/mol. The molecule has 0 bridgehead atoms. The SMILES string of the molecule is CCCNc1ncc(Br)c(N(CCC)CC(F)(F)F)n1. The minimum absolute atomic E-state index is 0.262. The van der Waals surface area contributed by atoms with Crippen molar-refractivity contribution in [3.63, 3.8) is 0 Å². The van der Waals surface area contributed by atoms with E-state index in [0.717, 1.165) is 6.42 Å². The summed E-state index contributed by atoms with van der Waals surface area (Å²) in [7, 11) is 0. The van der Waals surface area contributed by atoms with Gasteiger partial charge in [-0.25, -0.2) is 4.98 Å². The highest BCUT2D eigenvalue weighted by atomic mass is 79.9. The van der Waals surface area contributed by atoms with Gasteiger partial charge >= 0.3 is 6.18 Å². The molecule has 114 valence electrons. The van der Waals surface area contributed by atoms with Crippen molar-refractivity contribution < 1.29 is 13.2 Å². The molecule has 0 aromatic carbocycles. The van der Waals surface area contributed by atoms with Crippen LogP contribution < -0.4 is 10.2 Å². The maximum Gasteiger partial charge on any atom is 0.405 e. The summed E-state index contributed by atoms with van der Waals surface area (Å²) >= 11 is 3.22. The minimum atomic E-state index is -4.27. The van der Waals surface area contributed by atoms with Crippen LogP contribution >= 0.6 is 15.9 Å². The van der Waals surface area contributed by atoms with Crippen LogP contribution in [0.2, 0.25) is 0 Å². The lowest BCUT2D eigenvalue weighted by molar-refractivity contribution is -0.119. The number of hydrogen-bond donors (Lipinski definition) is 1. The van der Waals surface area contributed by atoms with Crippen LogP contribution in [0.3, 0.4) is 0 Å². The zero-order chi connectivity index (χ0) is 15.2. The summed E-state index contributed by atoms with van der Waals surface area (Å²) in [6.45, 7) is 3.74. The van der Waals surface area contributed by atoms with Gasteiger partial charge in [0.2, 0.25) is 5.95 Å². The number of anilines is 2. The molecule has 1 heterocycles. The molecule has 0 atom stereocenters. The van der Waals surface area contributed by atoms with E-state index in [-0.39, 0.29) is 12.4 Å². The second kappa shape index (κ2) is 7.66.